The molecular weight excluding hydrogens is 402 g/mol. The number of fused-ring (bicyclic) bond motifs is 1. The van der Waals surface area contributed by atoms with E-state index in [-0.39, 0.29) is 17.9 Å². The van der Waals surface area contributed by atoms with Crippen LogP contribution in [0.1, 0.15) is 56.1 Å². The van der Waals surface area contributed by atoms with Crippen molar-refractivity contribution in [3.63, 3.8) is 0 Å². The maximum atomic E-state index is 12.0. The lowest BCUT2D eigenvalue weighted by molar-refractivity contribution is -0.116. The third-order valence-corrected chi connectivity index (χ3v) is 6.36. The summed E-state index contributed by atoms with van der Waals surface area (Å²) < 4.78 is 6.13. The van der Waals surface area contributed by atoms with Crippen LogP contribution in [0.15, 0.2) is 47.6 Å². The van der Waals surface area contributed by atoms with E-state index in [9.17, 15) is 4.79 Å². The summed E-state index contributed by atoms with van der Waals surface area (Å²) in [6.45, 7) is 3.56. The summed E-state index contributed by atoms with van der Waals surface area (Å²) >= 11 is 0. The van der Waals surface area contributed by atoms with Gasteiger partial charge in [-0.3, -0.25) is 9.79 Å². The van der Waals surface area contributed by atoms with E-state index in [1.165, 1.54) is 12.8 Å². The molecule has 1 unspecified atom stereocenters. The van der Waals surface area contributed by atoms with Crippen molar-refractivity contribution in [3.8, 4) is 5.88 Å². The van der Waals surface area contributed by atoms with Gasteiger partial charge in [-0.25, -0.2) is 4.98 Å². The lowest BCUT2D eigenvalue weighted by atomic mass is 9.89. The molecule has 1 saturated carbocycles. The fourth-order valence-corrected chi connectivity index (χ4v) is 4.45. The number of nitrogens with zero attached hydrogens (tertiary/aromatic N) is 2. The first kappa shape index (κ1) is 22.1. The predicted octanol–water partition coefficient (Wildman–Crippen LogP) is 3.83. The highest BCUT2D eigenvalue weighted by molar-refractivity contribution is 5.94. The van der Waals surface area contributed by atoms with E-state index in [0.717, 1.165) is 35.6 Å². The predicted molar refractivity (Wildman–Crippen MR) is 127 cm³/mol. The number of benzene rings is 1. The van der Waals surface area contributed by atoms with Crippen LogP contribution in [0.4, 0.5) is 5.69 Å². The highest BCUT2D eigenvalue weighted by atomic mass is 16.5. The largest absolute Gasteiger partial charge is 0.474 e. The molecule has 1 aliphatic carbocycles. The van der Waals surface area contributed by atoms with Crippen LogP contribution in [-0.2, 0) is 11.3 Å². The molecule has 0 spiro atoms. The molecule has 1 atom stereocenters. The number of nitrogens with one attached hydrogen (secondary N) is 3. The van der Waals surface area contributed by atoms with Crippen molar-refractivity contribution in [2.75, 3.05) is 18.9 Å². The number of para-hydroxylation sites is 1. The third kappa shape index (κ3) is 5.78. The second-order valence-corrected chi connectivity index (χ2v) is 8.85. The molecule has 2 heterocycles. The van der Waals surface area contributed by atoms with Crippen LogP contribution in [-0.4, -0.2) is 36.5 Å². The molecule has 2 aromatic rings. The Hall–Kier alpha value is -3.09. The summed E-state index contributed by atoms with van der Waals surface area (Å²) in [4.78, 5) is 20.8. The Kier molecular flexibility index (Phi) is 7.24. The first-order chi connectivity index (χ1) is 15.6. The highest BCUT2D eigenvalue weighted by Crippen LogP contribution is 2.31. The normalized spacial score (nSPS) is 23.1. The maximum Gasteiger partial charge on any atom is 0.225 e. The summed E-state index contributed by atoms with van der Waals surface area (Å²) in [5.74, 6) is 2.35. The first-order valence-corrected chi connectivity index (χ1v) is 11.6. The molecule has 7 nitrogen and oxygen atoms in total. The Morgan fingerprint density at radius 2 is 2.00 bits per heavy atom. The molecule has 3 N–H and O–H groups in total. The van der Waals surface area contributed by atoms with Crippen molar-refractivity contribution >= 4 is 17.6 Å². The van der Waals surface area contributed by atoms with Gasteiger partial charge < -0.3 is 20.7 Å². The number of rotatable bonds is 6. The lowest BCUT2D eigenvalue weighted by Crippen LogP contribution is -2.40. The Balaban J connectivity index is 1.29. The number of pyridine rings is 1. The van der Waals surface area contributed by atoms with E-state index in [0.29, 0.717) is 31.3 Å². The van der Waals surface area contributed by atoms with Gasteiger partial charge in [-0.1, -0.05) is 25.1 Å². The fraction of sp³-hybridized carbons (Fsp3) is 0.480. The van der Waals surface area contributed by atoms with E-state index in [2.05, 4.69) is 38.9 Å². The minimum Gasteiger partial charge on any atom is -0.474 e. The Bertz CT molecular complexity index is 953. The zero-order chi connectivity index (χ0) is 22.3. The second kappa shape index (κ2) is 10.5. The zero-order valence-corrected chi connectivity index (χ0v) is 18.9. The molecule has 1 aromatic carbocycles. The Morgan fingerprint density at radius 1 is 1.19 bits per heavy atom. The second-order valence-electron chi connectivity index (χ2n) is 8.85. The van der Waals surface area contributed by atoms with Crippen LogP contribution in [0.25, 0.3) is 0 Å². The molecule has 1 amide bonds. The van der Waals surface area contributed by atoms with Gasteiger partial charge in [0.05, 0.1) is 0 Å². The first-order valence-electron chi connectivity index (χ1n) is 11.6. The third-order valence-electron chi connectivity index (χ3n) is 6.36. The molecule has 0 bridgehead atoms. The van der Waals surface area contributed by atoms with Crippen LogP contribution in [0, 0.1) is 5.92 Å². The van der Waals surface area contributed by atoms with Crippen LogP contribution in [0.2, 0.25) is 0 Å². The number of guanidine groups is 1. The number of aromatic nitrogens is 1. The number of amides is 1. The molecule has 0 saturated heterocycles. The van der Waals surface area contributed by atoms with Gasteiger partial charge in [0.2, 0.25) is 11.8 Å². The van der Waals surface area contributed by atoms with Crippen molar-refractivity contribution in [1.29, 1.82) is 0 Å². The van der Waals surface area contributed by atoms with E-state index in [1.807, 2.05) is 30.3 Å². The molecule has 1 aromatic heterocycles. The van der Waals surface area contributed by atoms with Crippen LogP contribution < -0.4 is 20.7 Å². The SMILES string of the molecule is CN=C(NCc1ccnc(OC2CCC(C)CC2)c1)NCC1CC(=O)Nc2ccccc21. The van der Waals surface area contributed by atoms with Gasteiger partial charge in [0.1, 0.15) is 6.10 Å². The summed E-state index contributed by atoms with van der Waals surface area (Å²) in [7, 11) is 1.75. The van der Waals surface area contributed by atoms with Gasteiger partial charge in [0.15, 0.2) is 5.96 Å². The number of carbonyl (C=O) groups is 1. The quantitative estimate of drug-likeness (QED) is 0.474. The topological polar surface area (TPSA) is 87.6 Å². The van der Waals surface area contributed by atoms with Crippen molar-refractivity contribution in [2.24, 2.45) is 10.9 Å². The van der Waals surface area contributed by atoms with Gasteiger partial charge >= 0.3 is 0 Å². The van der Waals surface area contributed by atoms with E-state index in [1.54, 1.807) is 13.2 Å². The summed E-state index contributed by atoms with van der Waals surface area (Å²) in [6.07, 6.45) is 7.18. The van der Waals surface area contributed by atoms with Crippen molar-refractivity contribution in [1.82, 2.24) is 15.6 Å². The van der Waals surface area contributed by atoms with Gasteiger partial charge in [-0.15, -0.1) is 0 Å². The number of carbonyl (C=O) groups excluding carboxylic acids is 1. The minimum absolute atomic E-state index is 0.0511. The maximum absolute atomic E-state index is 12.0. The van der Waals surface area contributed by atoms with Crippen LogP contribution in [0.3, 0.4) is 0 Å². The van der Waals surface area contributed by atoms with Gasteiger partial charge in [0, 0.05) is 50.4 Å². The number of anilines is 1. The van der Waals surface area contributed by atoms with E-state index < -0.39 is 0 Å². The number of hydrogen-bond acceptors (Lipinski definition) is 4. The van der Waals surface area contributed by atoms with Gasteiger partial charge in [-0.05, 0) is 54.9 Å². The molecule has 4 rings (SSSR count). The van der Waals surface area contributed by atoms with Crippen LogP contribution >= 0.6 is 0 Å². The Labute approximate surface area is 190 Å². The van der Waals surface area contributed by atoms with Crippen LogP contribution in [0.5, 0.6) is 5.88 Å². The highest BCUT2D eigenvalue weighted by Gasteiger charge is 2.25. The average Bonchev–Trinajstić information content (AvgIpc) is 2.81. The average molecular weight is 436 g/mol. The molecule has 1 fully saturated rings. The fourth-order valence-electron chi connectivity index (χ4n) is 4.45. The van der Waals surface area contributed by atoms with Crippen molar-refractivity contribution < 1.29 is 9.53 Å². The lowest BCUT2D eigenvalue weighted by Gasteiger charge is -2.26. The molecule has 170 valence electrons. The van der Waals surface area contributed by atoms with Crippen molar-refractivity contribution in [3.05, 3.63) is 53.7 Å². The molecule has 1 aliphatic heterocycles. The molecule has 2 aliphatic rings. The number of ether oxygens (including phenoxy) is 1. The number of aliphatic imine (C=N–C) groups is 1. The summed E-state index contributed by atoms with van der Waals surface area (Å²) in [5, 5.41) is 9.66. The van der Waals surface area contributed by atoms with Crippen molar-refractivity contribution in [2.45, 2.75) is 57.6 Å². The molecule has 7 heteroatoms. The summed E-state index contributed by atoms with van der Waals surface area (Å²) in [5.41, 5.74) is 3.14. The monoisotopic (exact) mass is 435 g/mol. The number of hydrogen-bond donors (Lipinski definition) is 3. The minimum atomic E-state index is 0.0511. The van der Waals surface area contributed by atoms with Gasteiger partial charge in [0.25, 0.3) is 0 Å². The Morgan fingerprint density at radius 3 is 2.81 bits per heavy atom. The van der Waals surface area contributed by atoms with E-state index in [4.69, 9.17) is 4.74 Å². The standard InChI is InChI=1S/C25H33N5O2/c1-17-7-9-20(10-8-17)32-24-13-18(11-12-27-24)15-28-25(26-2)29-16-19-14-23(31)30-22-6-4-3-5-21(19)22/h3-6,11-13,17,19-20H,7-10,14-16H2,1-2H3,(H,30,31)(H2,26,28,29). The zero-order valence-electron chi connectivity index (χ0n) is 18.9. The van der Waals surface area contributed by atoms with Gasteiger partial charge in [-0.2, -0.15) is 0 Å². The smallest absolute Gasteiger partial charge is 0.225 e. The molecular formula is C25H33N5O2. The molecule has 32 heavy (non-hydrogen) atoms. The van der Waals surface area contributed by atoms with E-state index >= 15 is 0 Å². The molecule has 0 radical (unpaired) electrons. The summed E-state index contributed by atoms with van der Waals surface area (Å²) in [6, 6.07) is 12.0.